The molecule has 0 unspecified atom stereocenters. The fourth-order valence-electron chi connectivity index (χ4n) is 1.93. The summed E-state index contributed by atoms with van der Waals surface area (Å²) in [6.45, 7) is 9.20. The van der Waals surface area contributed by atoms with Crippen molar-refractivity contribution in [3.63, 3.8) is 0 Å². The molecule has 126 valence electrons. The van der Waals surface area contributed by atoms with E-state index in [1.807, 2.05) is 45.0 Å². The molecule has 0 radical (unpaired) electrons. The molecular weight excluding hydrogens is 292 g/mol. The number of hydrogen-bond donors (Lipinski definition) is 2. The second-order valence-corrected chi connectivity index (χ2v) is 5.87. The SMILES string of the molecule is C=NC(=CN(C)C(C)=NC(C)(C)CO)c1ccc(OC)c(N)c1. The Bertz CT molecular complexity index is 621. The van der Waals surface area contributed by atoms with Crippen LogP contribution in [0.4, 0.5) is 5.69 Å². The average molecular weight is 318 g/mol. The van der Waals surface area contributed by atoms with Gasteiger partial charge in [0.15, 0.2) is 0 Å². The summed E-state index contributed by atoms with van der Waals surface area (Å²) in [5, 5.41) is 9.32. The fourth-order valence-corrected chi connectivity index (χ4v) is 1.93. The van der Waals surface area contributed by atoms with Gasteiger partial charge in [-0.15, -0.1) is 0 Å². The average Bonchev–Trinajstić information content (AvgIpc) is 2.51. The Morgan fingerprint density at radius 1 is 1.48 bits per heavy atom. The third-order valence-electron chi connectivity index (χ3n) is 3.37. The highest BCUT2D eigenvalue weighted by molar-refractivity contribution is 5.83. The summed E-state index contributed by atoms with van der Waals surface area (Å²) in [7, 11) is 3.44. The van der Waals surface area contributed by atoms with E-state index >= 15 is 0 Å². The first-order chi connectivity index (χ1) is 10.7. The number of aliphatic imine (C=N–C) groups is 2. The molecule has 0 saturated heterocycles. The number of hydrogen-bond acceptors (Lipinski definition) is 5. The molecule has 0 aliphatic heterocycles. The van der Waals surface area contributed by atoms with Crippen LogP contribution in [0.15, 0.2) is 34.4 Å². The third kappa shape index (κ3) is 5.10. The van der Waals surface area contributed by atoms with Crippen molar-refractivity contribution in [3.8, 4) is 5.75 Å². The molecule has 3 N–H and O–H groups in total. The molecule has 1 aromatic rings. The quantitative estimate of drug-likeness (QED) is 0.479. The maximum Gasteiger partial charge on any atom is 0.141 e. The van der Waals surface area contributed by atoms with E-state index in [0.29, 0.717) is 17.1 Å². The number of aliphatic hydroxyl groups excluding tert-OH is 1. The number of benzene rings is 1. The highest BCUT2D eigenvalue weighted by atomic mass is 16.5. The monoisotopic (exact) mass is 318 g/mol. The lowest BCUT2D eigenvalue weighted by molar-refractivity contribution is 0.222. The third-order valence-corrected chi connectivity index (χ3v) is 3.37. The maximum atomic E-state index is 9.32. The topological polar surface area (TPSA) is 83.4 Å². The molecule has 0 bridgehead atoms. The zero-order valence-corrected chi connectivity index (χ0v) is 14.5. The molecule has 0 aliphatic rings. The van der Waals surface area contributed by atoms with Gasteiger partial charge < -0.3 is 20.5 Å². The summed E-state index contributed by atoms with van der Waals surface area (Å²) in [5.74, 6) is 1.37. The lowest BCUT2D eigenvalue weighted by Crippen LogP contribution is -2.28. The van der Waals surface area contributed by atoms with Crippen LogP contribution in [0.2, 0.25) is 0 Å². The Morgan fingerprint density at radius 3 is 2.61 bits per heavy atom. The van der Waals surface area contributed by atoms with Crippen LogP contribution in [0.3, 0.4) is 0 Å². The second kappa shape index (κ2) is 7.78. The number of rotatable bonds is 6. The van der Waals surface area contributed by atoms with Crippen LogP contribution in [0, 0.1) is 0 Å². The van der Waals surface area contributed by atoms with Crippen molar-refractivity contribution in [3.05, 3.63) is 30.0 Å². The maximum absolute atomic E-state index is 9.32. The first-order valence-electron chi connectivity index (χ1n) is 7.26. The van der Waals surface area contributed by atoms with Crippen molar-refractivity contribution in [2.75, 3.05) is 26.5 Å². The smallest absolute Gasteiger partial charge is 0.141 e. The first kappa shape index (κ1) is 18.7. The first-order valence-corrected chi connectivity index (χ1v) is 7.26. The van der Waals surface area contributed by atoms with Crippen molar-refractivity contribution in [2.24, 2.45) is 9.98 Å². The van der Waals surface area contributed by atoms with Crippen molar-refractivity contribution < 1.29 is 9.84 Å². The summed E-state index contributed by atoms with van der Waals surface area (Å²) >= 11 is 0. The summed E-state index contributed by atoms with van der Waals surface area (Å²) in [4.78, 5) is 10.4. The van der Waals surface area contributed by atoms with Crippen LogP contribution in [0.1, 0.15) is 26.3 Å². The second-order valence-electron chi connectivity index (χ2n) is 5.87. The van der Waals surface area contributed by atoms with Crippen molar-refractivity contribution in [1.29, 1.82) is 0 Å². The van der Waals surface area contributed by atoms with Crippen LogP contribution < -0.4 is 10.5 Å². The Kier molecular flexibility index (Phi) is 6.33. The van der Waals surface area contributed by atoms with Gasteiger partial charge in [0.05, 0.1) is 30.6 Å². The van der Waals surface area contributed by atoms with Crippen LogP contribution in [-0.2, 0) is 0 Å². The van der Waals surface area contributed by atoms with E-state index in [2.05, 4.69) is 16.7 Å². The van der Waals surface area contributed by atoms with Crippen molar-refractivity contribution in [2.45, 2.75) is 26.3 Å². The summed E-state index contributed by atoms with van der Waals surface area (Å²) in [5.41, 5.74) is 7.44. The number of anilines is 1. The highest BCUT2D eigenvalue weighted by Gasteiger charge is 2.15. The fraction of sp³-hybridized carbons (Fsp3) is 0.412. The van der Waals surface area contributed by atoms with Gasteiger partial charge in [-0.3, -0.25) is 9.98 Å². The zero-order valence-electron chi connectivity index (χ0n) is 14.5. The number of nitrogens with two attached hydrogens (primary N) is 1. The van der Waals surface area contributed by atoms with Gasteiger partial charge in [0.2, 0.25) is 0 Å². The molecular formula is C17H26N4O2. The summed E-state index contributed by atoms with van der Waals surface area (Å²) in [6.07, 6.45) is 1.82. The molecule has 1 aromatic carbocycles. The molecule has 6 nitrogen and oxygen atoms in total. The number of nitrogen functional groups attached to an aromatic ring is 1. The molecule has 1 rings (SSSR count). The Balaban J connectivity index is 3.12. The van der Waals surface area contributed by atoms with Gasteiger partial charge >= 0.3 is 0 Å². The summed E-state index contributed by atoms with van der Waals surface area (Å²) in [6, 6.07) is 5.45. The lowest BCUT2D eigenvalue weighted by Gasteiger charge is -2.22. The standard InChI is InChI=1S/C17H26N4O2/c1-12(20-17(2,3)11-22)21(5)10-15(19-4)13-7-8-16(23-6)14(18)9-13/h7-10,22H,4,11,18H2,1-3,5-6H3. The molecule has 0 aliphatic carbocycles. The molecule has 23 heavy (non-hydrogen) atoms. The van der Waals surface area contributed by atoms with Gasteiger partial charge in [0.1, 0.15) is 11.6 Å². The molecule has 0 amide bonds. The van der Waals surface area contributed by atoms with E-state index in [0.717, 1.165) is 11.4 Å². The van der Waals surface area contributed by atoms with E-state index in [9.17, 15) is 5.11 Å². The van der Waals surface area contributed by atoms with E-state index in [1.165, 1.54) is 0 Å². The van der Waals surface area contributed by atoms with Gasteiger partial charge in [0.25, 0.3) is 0 Å². The Labute approximate surface area is 138 Å². The van der Waals surface area contributed by atoms with Crippen LogP contribution in [0.5, 0.6) is 5.75 Å². The van der Waals surface area contributed by atoms with Crippen molar-refractivity contribution >= 4 is 23.9 Å². The highest BCUT2D eigenvalue weighted by Crippen LogP contribution is 2.26. The van der Waals surface area contributed by atoms with Gasteiger partial charge in [0, 0.05) is 18.8 Å². The molecule has 0 aromatic heterocycles. The zero-order chi connectivity index (χ0) is 17.6. The molecule has 6 heteroatoms. The van der Waals surface area contributed by atoms with Gasteiger partial charge in [-0.05, 0) is 45.7 Å². The van der Waals surface area contributed by atoms with E-state index in [1.54, 1.807) is 19.2 Å². The lowest BCUT2D eigenvalue weighted by atomic mass is 10.1. The number of amidine groups is 1. The van der Waals surface area contributed by atoms with Gasteiger partial charge in [-0.25, -0.2) is 0 Å². The predicted molar refractivity (Wildman–Crippen MR) is 97.0 cm³/mol. The van der Waals surface area contributed by atoms with E-state index < -0.39 is 5.54 Å². The Hall–Kier alpha value is -2.34. The minimum absolute atomic E-state index is 0.0243. The number of ether oxygens (including phenoxy) is 1. The van der Waals surface area contributed by atoms with E-state index in [-0.39, 0.29) is 6.61 Å². The normalized spacial score (nSPS) is 13.0. The molecule has 0 spiro atoms. The number of nitrogens with zero attached hydrogens (tertiary/aromatic N) is 3. The van der Waals surface area contributed by atoms with Crippen LogP contribution >= 0.6 is 0 Å². The van der Waals surface area contributed by atoms with Crippen LogP contribution in [-0.4, -0.2) is 48.9 Å². The number of aliphatic hydroxyl groups is 1. The van der Waals surface area contributed by atoms with Crippen molar-refractivity contribution in [1.82, 2.24) is 4.90 Å². The Morgan fingerprint density at radius 2 is 2.13 bits per heavy atom. The van der Waals surface area contributed by atoms with Gasteiger partial charge in [-0.1, -0.05) is 0 Å². The predicted octanol–water partition coefficient (Wildman–Crippen LogP) is 2.40. The molecule has 0 fully saturated rings. The number of methoxy groups -OCH3 is 1. The molecule has 0 saturated carbocycles. The molecule has 0 heterocycles. The van der Waals surface area contributed by atoms with E-state index in [4.69, 9.17) is 10.5 Å². The largest absolute Gasteiger partial charge is 0.495 e. The van der Waals surface area contributed by atoms with Crippen LogP contribution in [0.25, 0.3) is 5.70 Å². The minimum atomic E-state index is -0.529. The molecule has 0 atom stereocenters. The summed E-state index contributed by atoms with van der Waals surface area (Å²) < 4.78 is 5.16. The van der Waals surface area contributed by atoms with Gasteiger partial charge in [-0.2, -0.15) is 0 Å². The minimum Gasteiger partial charge on any atom is -0.495 e.